The summed E-state index contributed by atoms with van der Waals surface area (Å²) in [5, 5.41) is 3.45. The molecule has 1 saturated heterocycles. The topological polar surface area (TPSA) is 80.3 Å². The van der Waals surface area contributed by atoms with Crippen LogP contribution in [-0.4, -0.2) is 64.2 Å². The third kappa shape index (κ3) is 6.03. The maximum atomic E-state index is 13.1. The van der Waals surface area contributed by atoms with Crippen molar-refractivity contribution < 1.29 is 23.8 Å². The van der Waals surface area contributed by atoms with Gasteiger partial charge in [0.25, 0.3) is 11.8 Å². The van der Waals surface area contributed by atoms with Crippen LogP contribution in [0.15, 0.2) is 54.6 Å². The number of methoxy groups -OCH3 is 3. The number of amides is 2. The molecule has 37 heavy (non-hydrogen) atoms. The molecule has 1 aliphatic rings. The molecule has 0 bridgehead atoms. The van der Waals surface area contributed by atoms with Gasteiger partial charge in [0, 0.05) is 54.2 Å². The van der Waals surface area contributed by atoms with Gasteiger partial charge in [-0.2, -0.15) is 0 Å². The summed E-state index contributed by atoms with van der Waals surface area (Å²) in [6, 6.07) is 15.7. The number of halogens is 2. The van der Waals surface area contributed by atoms with Crippen molar-refractivity contribution in [3.63, 3.8) is 0 Å². The molecule has 3 aromatic rings. The second-order valence-corrected chi connectivity index (χ2v) is 9.19. The predicted octanol–water partition coefficient (Wildman–Crippen LogP) is 5.23. The van der Waals surface area contributed by atoms with Crippen LogP contribution in [0.25, 0.3) is 0 Å². The molecule has 1 heterocycles. The maximum Gasteiger partial charge on any atom is 0.259 e. The van der Waals surface area contributed by atoms with Gasteiger partial charge >= 0.3 is 0 Å². The largest absolute Gasteiger partial charge is 0.497 e. The minimum absolute atomic E-state index is 0.0635. The fourth-order valence-corrected chi connectivity index (χ4v) is 4.74. The van der Waals surface area contributed by atoms with Gasteiger partial charge in [0.05, 0.1) is 31.9 Å². The van der Waals surface area contributed by atoms with Gasteiger partial charge in [-0.05, 0) is 48.5 Å². The van der Waals surface area contributed by atoms with Gasteiger partial charge in [0.15, 0.2) is 0 Å². The van der Waals surface area contributed by atoms with Gasteiger partial charge in [-0.3, -0.25) is 9.59 Å². The number of hydrogen-bond acceptors (Lipinski definition) is 6. The number of benzene rings is 3. The molecule has 10 heteroatoms. The minimum Gasteiger partial charge on any atom is -0.497 e. The molecular formula is C27H27Cl2N3O5. The Bertz CT molecular complexity index is 1270. The van der Waals surface area contributed by atoms with Crippen molar-refractivity contribution >= 4 is 46.4 Å². The summed E-state index contributed by atoms with van der Waals surface area (Å²) in [5.41, 5.74) is 2.39. The van der Waals surface area contributed by atoms with Crippen LogP contribution in [0.1, 0.15) is 20.7 Å². The third-order valence-electron chi connectivity index (χ3n) is 6.11. The molecular weight excluding hydrogens is 517 g/mol. The van der Waals surface area contributed by atoms with E-state index in [2.05, 4.69) is 10.2 Å². The molecule has 0 radical (unpaired) electrons. The van der Waals surface area contributed by atoms with E-state index >= 15 is 0 Å². The first-order valence-corrected chi connectivity index (χ1v) is 12.3. The Labute approximate surface area is 225 Å². The Morgan fingerprint density at radius 1 is 0.811 bits per heavy atom. The number of nitrogens with one attached hydrogen (secondary N) is 1. The van der Waals surface area contributed by atoms with E-state index in [1.807, 2.05) is 29.2 Å². The van der Waals surface area contributed by atoms with Crippen molar-refractivity contribution in [3.05, 3.63) is 75.8 Å². The quantitative estimate of drug-likeness (QED) is 0.439. The summed E-state index contributed by atoms with van der Waals surface area (Å²) in [4.78, 5) is 29.9. The lowest BCUT2D eigenvalue weighted by Crippen LogP contribution is -2.48. The van der Waals surface area contributed by atoms with Crippen LogP contribution in [0.2, 0.25) is 10.0 Å². The average Bonchev–Trinajstić information content (AvgIpc) is 2.92. The van der Waals surface area contributed by atoms with Gasteiger partial charge < -0.3 is 29.3 Å². The lowest BCUT2D eigenvalue weighted by Gasteiger charge is -2.36. The summed E-state index contributed by atoms with van der Waals surface area (Å²) >= 11 is 12.2. The molecule has 1 N–H and O–H groups in total. The SMILES string of the molecule is COc1cc(OC)cc(C(=O)N2CCN(c3ccc(NC(=O)c4cc(Cl)cc(Cl)c4OC)cc3)CC2)c1. The average molecular weight is 544 g/mol. The molecule has 1 aliphatic heterocycles. The number of rotatable bonds is 7. The Morgan fingerprint density at radius 3 is 2.00 bits per heavy atom. The highest BCUT2D eigenvalue weighted by molar-refractivity contribution is 6.36. The number of piperazine rings is 1. The van der Waals surface area contributed by atoms with Crippen molar-refractivity contribution in [1.29, 1.82) is 0 Å². The number of ether oxygens (including phenoxy) is 3. The van der Waals surface area contributed by atoms with Crippen LogP contribution in [-0.2, 0) is 0 Å². The van der Waals surface area contributed by atoms with Crippen LogP contribution in [0.4, 0.5) is 11.4 Å². The number of carbonyl (C=O) groups excluding carboxylic acids is 2. The monoisotopic (exact) mass is 543 g/mol. The standard InChI is InChI=1S/C27H27Cl2N3O5/c1-35-21-12-17(13-22(16-21)36-2)27(34)32-10-8-31(9-11-32)20-6-4-19(5-7-20)30-26(33)23-14-18(28)15-24(29)25(23)37-3/h4-7,12-16H,8-11H2,1-3H3,(H,30,33). The zero-order valence-corrected chi connectivity index (χ0v) is 22.2. The Kier molecular flexibility index (Phi) is 8.31. The second-order valence-electron chi connectivity index (χ2n) is 8.35. The van der Waals surface area contributed by atoms with Gasteiger partial charge in [0.2, 0.25) is 0 Å². The van der Waals surface area contributed by atoms with E-state index in [4.69, 9.17) is 37.4 Å². The van der Waals surface area contributed by atoms with Crippen molar-refractivity contribution in [2.24, 2.45) is 0 Å². The normalized spacial score (nSPS) is 13.2. The minimum atomic E-state index is -0.379. The van der Waals surface area contributed by atoms with Gasteiger partial charge in [0.1, 0.15) is 17.2 Å². The zero-order chi connectivity index (χ0) is 26.5. The first kappa shape index (κ1) is 26.4. The molecule has 0 aliphatic carbocycles. The van der Waals surface area contributed by atoms with E-state index in [-0.39, 0.29) is 28.1 Å². The first-order valence-electron chi connectivity index (χ1n) is 11.5. The summed E-state index contributed by atoms with van der Waals surface area (Å²) in [6.07, 6.45) is 0. The molecule has 2 amide bonds. The first-order chi connectivity index (χ1) is 17.8. The highest BCUT2D eigenvalue weighted by atomic mass is 35.5. The lowest BCUT2D eigenvalue weighted by atomic mass is 10.1. The smallest absolute Gasteiger partial charge is 0.259 e. The molecule has 0 unspecified atom stereocenters. The summed E-state index contributed by atoms with van der Waals surface area (Å²) in [6.45, 7) is 2.51. The Balaban J connectivity index is 1.38. The number of hydrogen-bond donors (Lipinski definition) is 1. The highest BCUT2D eigenvalue weighted by Crippen LogP contribution is 2.33. The van der Waals surface area contributed by atoms with Gasteiger partial charge in [-0.15, -0.1) is 0 Å². The summed E-state index contributed by atoms with van der Waals surface area (Å²) in [7, 11) is 4.56. The molecule has 0 aromatic heterocycles. The molecule has 3 aromatic carbocycles. The predicted molar refractivity (Wildman–Crippen MR) is 145 cm³/mol. The van der Waals surface area contributed by atoms with Crippen LogP contribution in [0.3, 0.4) is 0 Å². The van der Waals surface area contributed by atoms with E-state index in [9.17, 15) is 9.59 Å². The van der Waals surface area contributed by atoms with E-state index in [0.717, 1.165) is 5.69 Å². The molecule has 1 fully saturated rings. The van der Waals surface area contributed by atoms with E-state index in [1.165, 1.54) is 19.2 Å². The van der Waals surface area contributed by atoms with Gasteiger partial charge in [-0.1, -0.05) is 23.2 Å². The lowest BCUT2D eigenvalue weighted by molar-refractivity contribution is 0.0746. The zero-order valence-electron chi connectivity index (χ0n) is 20.7. The second kappa shape index (κ2) is 11.6. The van der Waals surface area contributed by atoms with E-state index < -0.39 is 0 Å². The maximum absolute atomic E-state index is 13.1. The summed E-state index contributed by atoms with van der Waals surface area (Å²) < 4.78 is 15.8. The van der Waals surface area contributed by atoms with Crippen molar-refractivity contribution in [1.82, 2.24) is 4.90 Å². The number of anilines is 2. The van der Waals surface area contributed by atoms with Crippen LogP contribution >= 0.6 is 23.2 Å². The molecule has 0 spiro atoms. The number of carbonyl (C=O) groups is 2. The number of nitrogens with zero attached hydrogens (tertiary/aromatic N) is 2. The van der Waals surface area contributed by atoms with E-state index in [0.29, 0.717) is 54.0 Å². The van der Waals surface area contributed by atoms with Crippen LogP contribution in [0.5, 0.6) is 17.2 Å². The molecule has 0 atom stereocenters. The molecule has 8 nitrogen and oxygen atoms in total. The summed E-state index contributed by atoms with van der Waals surface area (Å²) in [5.74, 6) is 0.970. The Hall–Kier alpha value is -3.62. The Morgan fingerprint density at radius 2 is 1.43 bits per heavy atom. The molecule has 0 saturated carbocycles. The van der Waals surface area contributed by atoms with Crippen LogP contribution in [0, 0.1) is 0 Å². The fourth-order valence-electron chi connectivity index (χ4n) is 4.17. The van der Waals surface area contributed by atoms with E-state index in [1.54, 1.807) is 32.4 Å². The van der Waals surface area contributed by atoms with Crippen molar-refractivity contribution in [3.8, 4) is 17.2 Å². The van der Waals surface area contributed by atoms with Crippen LogP contribution < -0.4 is 24.4 Å². The molecule has 4 rings (SSSR count). The van der Waals surface area contributed by atoms with Crippen molar-refractivity contribution in [2.75, 3.05) is 57.7 Å². The fraction of sp³-hybridized carbons (Fsp3) is 0.259. The third-order valence-corrected chi connectivity index (χ3v) is 6.61. The highest BCUT2D eigenvalue weighted by Gasteiger charge is 2.23. The van der Waals surface area contributed by atoms with Gasteiger partial charge in [-0.25, -0.2) is 0 Å². The molecule has 194 valence electrons. The van der Waals surface area contributed by atoms with Crippen molar-refractivity contribution in [2.45, 2.75) is 0 Å².